The summed E-state index contributed by atoms with van der Waals surface area (Å²) in [4.78, 5) is 2.46. The van der Waals surface area contributed by atoms with E-state index in [2.05, 4.69) is 24.2 Å². The van der Waals surface area contributed by atoms with Crippen molar-refractivity contribution in [1.29, 1.82) is 0 Å². The molecule has 16 heavy (non-hydrogen) atoms. The molecule has 2 rings (SSSR count). The van der Waals surface area contributed by atoms with Crippen molar-refractivity contribution < 1.29 is 9.47 Å². The van der Waals surface area contributed by atoms with Crippen LogP contribution in [0.1, 0.15) is 19.8 Å². The summed E-state index contributed by atoms with van der Waals surface area (Å²) in [5, 5.41) is 3.51. The van der Waals surface area contributed by atoms with Gasteiger partial charge >= 0.3 is 0 Å². The van der Waals surface area contributed by atoms with E-state index in [1.165, 1.54) is 6.42 Å². The van der Waals surface area contributed by atoms with Gasteiger partial charge < -0.3 is 14.8 Å². The standard InChI is InChI=1S/C12H24N2O2/c1-10(7-11-8-16-6-4-13-11)14(2)12-3-5-15-9-12/h10-13H,3-9H2,1-2H3. The van der Waals surface area contributed by atoms with Crippen LogP contribution in [0.4, 0.5) is 0 Å². The first-order valence-electron chi connectivity index (χ1n) is 6.38. The molecule has 0 aromatic carbocycles. The van der Waals surface area contributed by atoms with Gasteiger partial charge in [0.15, 0.2) is 0 Å². The Bertz CT molecular complexity index is 201. The third-order valence-electron chi connectivity index (χ3n) is 3.80. The highest BCUT2D eigenvalue weighted by atomic mass is 16.5. The molecule has 2 fully saturated rings. The quantitative estimate of drug-likeness (QED) is 0.758. The highest BCUT2D eigenvalue weighted by Gasteiger charge is 2.26. The summed E-state index contributed by atoms with van der Waals surface area (Å²) in [5.41, 5.74) is 0. The minimum Gasteiger partial charge on any atom is -0.380 e. The monoisotopic (exact) mass is 228 g/mol. The van der Waals surface area contributed by atoms with Crippen LogP contribution in [0.3, 0.4) is 0 Å². The molecule has 0 spiro atoms. The van der Waals surface area contributed by atoms with Gasteiger partial charge in [-0.05, 0) is 26.8 Å². The lowest BCUT2D eigenvalue weighted by molar-refractivity contribution is 0.0585. The van der Waals surface area contributed by atoms with Gasteiger partial charge in [-0.3, -0.25) is 4.90 Å². The summed E-state index contributed by atoms with van der Waals surface area (Å²) >= 11 is 0. The number of hydrogen-bond donors (Lipinski definition) is 1. The summed E-state index contributed by atoms with van der Waals surface area (Å²) in [6.07, 6.45) is 2.34. The zero-order valence-corrected chi connectivity index (χ0v) is 10.4. The summed E-state index contributed by atoms with van der Waals surface area (Å²) in [6.45, 7) is 6.83. The fraction of sp³-hybridized carbons (Fsp3) is 1.00. The minimum absolute atomic E-state index is 0.522. The predicted molar refractivity (Wildman–Crippen MR) is 63.7 cm³/mol. The normalized spacial score (nSPS) is 33.2. The molecule has 2 heterocycles. The second kappa shape index (κ2) is 5.96. The number of rotatable bonds is 4. The molecule has 0 aliphatic carbocycles. The largest absolute Gasteiger partial charge is 0.380 e. The molecule has 4 heteroatoms. The Morgan fingerprint density at radius 2 is 2.12 bits per heavy atom. The Morgan fingerprint density at radius 3 is 2.75 bits per heavy atom. The van der Waals surface area contributed by atoms with Crippen LogP contribution >= 0.6 is 0 Å². The molecule has 2 saturated heterocycles. The summed E-state index contributed by atoms with van der Waals surface area (Å²) in [5.74, 6) is 0. The summed E-state index contributed by atoms with van der Waals surface area (Å²) in [7, 11) is 2.22. The molecule has 94 valence electrons. The lowest BCUT2D eigenvalue weighted by atomic mass is 10.1. The van der Waals surface area contributed by atoms with E-state index in [0.29, 0.717) is 18.1 Å². The number of nitrogens with zero attached hydrogens (tertiary/aromatic N) is 1. The molecule has 0 bridgehead atoms. The van der Waals surface area contributed by atoms with Gasteiger partial charge in [0.1, 0.15) is 0 Å². The van der Waals surface area contributed by atoms with E-state index in [9.17, 15) is 0 Å². The van der Waals surface area contributed by atoms with Gasteiger partial charge in [-0.15, -0.1) is 0 Å². The number of likely N-dealkylation sites (N-methyl/N-ethyl adjacent to an activating group) is 1. The van der Waals surface area contributed by atoms with Crippen LogP contribution in [0.2, 0.25) is 0 Å². The van der Waals surface area contributed by atoms with Crippen molar-refractivity contribution in [2.75, 3.05) is 40.0 Å². The SMILES string of the molecule is CC(CC1COCCN1)N(C)C1CCOC1. The van der Waals surface area contributed by atoms with Crippen LogP contribution < -0.4 is 5.32 Å². The van der Waals surface area contributed by atoms with Crippen LogP contribution in [0.5, 0.6) is 0 Å². The van der Waals surface area contributed by atoms with Crippen molar-refractivity contribution in [2.24, 2.45) is 0 Å². The molecule has 0 aromatic rings. The van der Waals surface area contributed by atoms with Crippen LogP contribution in [0.15, 0.2) is 0 Å². The molecule has 0 aromatic heterocycles. The lowest BCUT2D eigenvalue weighted by Gasteiger charge is -2.33. The van der Waals surface area contributed by atoms with E-state index in [1.807, 2.05) is 0 Å². The zero-order chi connectivity index (χ0) is 11.4. The Morgan fingerprint density at radius 1 is 1.31 bits per heavy atom. The first-order chi connectivity index (χ1) is 7.77. The van der Waals surface area contributed by atoms with Crippen LogP contribution in [0, 0.1) is 0 Å². The van der Waals surface area contributed by atoms with Gasteiger partial charge in [0.2, 0.25) is 0 Å². The van der Waals surface area contributed by atoms with Crippen LogP contribution in [-0.2, 0) is 9.47 Å². The van der Waals surface area contributed by atoms with Crippen molar-refractivity contribution in [2.45, 2.75) is 37.9 Å². The molecule has 1 N–H and O–H groups in total. The molecule has 0 saturated carbocycles. The van der Waals surface area contributed by atoms with Crippen molar-refractivity contribution in [3.63, 3.8) is 0 Å². The fourth-order valence-corrected chi connectivity index (χ4v) is 2.55. The van der Waals surface area contributed by atoms with Gasteiger partial charge in [-0.1, -0.05) is 0 Å². The van der Waals surface area contributed by atoms with E-state index in [4.69, 9.17) is 9.47 Å². The molecule has 3 atom stereocenters. The van der Waals surface area contributed by atoms with Gasteiger partial charge in [0.25, 0.3) is 0 Å². The molecular formula is C12H24N2O2. The maximum atomic E-state index is 5.48. The topological polar surface area (TPSA) is 33.7 Å². The molecule has 0 amide bonds. The van der Waals surface area contributed by atoms with Gasteiger partial charge in [0.05, 0.1) is 19.8 Å². The van der Waals surface area contributed by atoms with Crippen LogP contribution in [0.25, 0.3) is 0 Å². The number of ether oxygens (including phenoxy) is 2. The van der Waals surface area contributed by atoms with Gasteiger partial charge in [0, 0.05) is 31.3 Å². The first kappa shape index (κ1) is 12.3. The number of morpholine rings is 1. The van der Waals surface area contributed by atoms with E-state index >= 15 is 0 Å². The Labute approximate surface area is 98.3 Å². The second-order valence-corrected chi connectivity index (χ2v) is 4.99. The highest BCUT2D eigenvalue weighted by molar-refractivity contribution is 4.81. The van der Waals surface area contributed by atoms with Gasteiger partial charge in [-0.25, -0.2) is 0 Å². The highest BCUT2D eigenvalue weighted by Crippen LogP contribution is 2.16. The fourth-order valence-electron chi connectivity index (χ4n) is 2.55. The van der Waals surface area contributed by atoms with Crippen LogP contribution in [-0.4, -0.2) is 63.0 Å². The Balaban J connectivity index is 1.74. The van der Waals surface area contributed by atoms with Gasteiger partial charge in [-0.2, -0.15) is 0 Å². The first-order valence-corrected chi connectivity index (χ1v) is 6.38. The van der Waals surface area contributed by atoms with E-state index in [0.717, 1.165) is 39.4 Å². The minimum atomic E-state index is 0.522. The van der Waals surface area contributed by atoms with E-state index in [-0.39, 0.29) is 0 Å². The number of nitrogens with one attached hydrogen (secondary N) is 1. The predicted octanol–water partition coefficient (Wildman–Crippen LogP) is 0.474. The molecule has 3 unspecified atom stereocenters. The van der Waals surface area contributed by atoms with E-state index < -0.39 is 0 Å². The molecule has 0 radical (unpaired) electrons. The Hall–Kier alpha value is -0.160. The second-order valence-electron chi connectivity index (χ2n) is 4.99. The zero-order valence-electron chi connectivity index (χ0n) is 10.4. The maximum Gasteiger partial charge on any atom is 0.0622 e. The molecular weight excluding hydrogens is 204 g/mol. The maximum absolute atomic E-state index is 5.48. The van der Waals surface area contributed by atoms with E-state index in [1.54, 1.807) is 0 Å². The van der Waals surface area contributed by atoms with Crippen molar-refractivity contribution in [3.05, 3.63) is 0 Å². The third kappa shape index (κ3) is 3.17. The average molecular weight is 228 g/mol. The smallest absolute Gasteiger partial charge is 0.0622 e. The lowest BCUT2D eigenvalue weighted by Crippen LogP contribution is -2.47. The summed E-state index contributed by atoms with van der Waals surface area (Å²) < 4.78 is 10.9. The third-order valence-corrected chi connectivity index (χ3v) is 3.80. The molecule has 4 nitrogen and oxygen atoms in total. The number of hydrogen-bond acceptors (Lipinski definition) is 4. The average Bonchev–Trinajstić information content (AvgIpc) is 2.83. The Kier molecular flexibility index (Phi) is 4.58. The summed E-state index contributed by atoms with van der Waals surface area (Å²) in [6, 6.07) is 1.72. The van der Waals surface area contributed by atoms with Crippen molar-refractivity contribution in [3.8, 4) is 0 Å². The van der Waals surface area contributed by atoms with Crippen molar-refractivity contribution in [1.82, 2.24) is 10.2 Å². The molecule has 2 aliphatic rings. The van der Waals surface area contributed by atoms with Crippen molar-refractivity contribution >= 4 is 0 Å². The molecule has 2 aliphatic heterocycles.